The maximum atomic E-state index is 12.4. The summed E-state index contributed by atoms with van der Waals surface area (Å²) in [6.45, 7) is 5.68. The summed E-state index contributed by atoms with van der Waals surface area (Å²) >= 11 is 0. The Labute approximate surface area is 117 Å². The number of benzene rings is 1. The minimum Gasteiger partial charge on any atom is -0.352 e. The third-order valence-corrected chi connectivity index (χ3v) is 3.37. The van der Waals surface area contributed by atoms with Crippen LogP contribution in [0.5, 0.6) is 0 Å². The maximum Gasteiger partial charge on any atom is 0.261 e. The molecule has 1 atom stereocenters. The highest BCUT2D eigenvalue weighted by Gasteiger charge is 2.12. The minimum atomic E-state index is -0.174. The fraction of sp³-hybridized carbons (Fsp3) is 0.400. The predicted octanol–water partition coefficient (Wildman–Crippen LogP) is 1.62. The van der Waals surface area contributed by atoms with Crippen LogP contribution in [-0.4, -0.2) is 21.5 Å². The lowest BCUT2D eigenvalue weighted by atomic mass is 10.2. The molecule has 106 valence electrons. The zero-order valence-electron chi connectivity index (χ0n) is 12.0. The van der Waals surface area contributed by atoms with Crippen molar-refractivity contribution in [3.05, 3.63) is 40.4 Å². The lowest BCUT2D eigenvalue weighted by Crippen LogP contribution is -2.38. The standard InChI is InChI=1S/C15H19N3O2/c1-4-10(2)16-14(19)9-18-11(3)17-13-8-6-5-7-12(13)15(18)20/h5-8,10H,4,9H2,1-3H3,(H,16,19)/t10-/m0/s1. The summed E-state index contributed by atoms with van der Waals surface area (Å²) in [5.41, 5.74) is 0.487. The van der Waals surface area contributed by atoms with Crippen LogP contribution < -0.4 is 10.9 Å². The van der Waals surface area contributed by atoms with Gasteiger partial charge in [-0.2, -0.15) is 0 Å². The molecule has 0 saturated heterocycles. The van der Waals surface area contributed by atoms with Gasteiger partial charge in [0, 0.05) is 6.04 Å². The van der Waals surface area contributed by atoms with Crippen molar-refractivity contribution < 1.29 is 4.79 Å². The van der Waals surface area contributed by atoms with E-state index in [1.54, 1.807) is 25.1 Å². The number of aryl methyl sites for hydroxylation is 1. The van der Waals surface area contributed by atoms with Gasteiger partial charge in [-0.15, -0.1) is 0 Å². The lowest BCUT2D eigenvalue weighted by molar-refractivity contribution is -0.122. The monoisotopic (exact) mass is 273 g/mol. The normalized spacial score (nSPS) is 12.3. The second-order valence-electron chi connectivity index (χ2n) is 4.94. The first-order valence-corrected chi connectivity index (χ1v) is 6.78. The van der Waals surface area contributed by atoms with Gasteiger partial charge in [0.15, 0.2) is 0 Å². The molecule has 5 heteroatoms. The van der Waals surface area contributed by atoms with E-state index in [1.807, 2.05) is 19.9 Å². The second kappa shape index (κ2) is 5.86. The average molecular weight is 273 g/mol. The quantitative estimate of drug-likeness (QED) is 0.920. The molecule has 0 aliphatic rings. The minimum absolute atomic E-state index is 0.00679. The van der Waals surface area contributed by atoms with Crippen molar-refractivity contribution in [3.63, 3.8) is 0 Å². The molecule has 0 unspecified atom stereocenters. The molecule has 5 nitrogen and oxygen atoms in total. The number of nitrogens with zero attached hydrogens (tertiary/aromatic N) is 2. The van der Waals surface area contributed by atoms with Gasteiger partial charge in [-0.05, 0) is 32.4 Å². The molecule has 1 aromatic heterocycles. The van der Waals surface area contributed by atoms with Crippen molar-refractivity contribution in [2.24, 2.45) is 0 Å². The highest BCUT2D eigenvalue weighted by atomic mass is 16.2. The molecular weight excluding hydrogens is 254 g/mol. The van der Waals surface area contributed by atoms with E-state index in [1.165, 1.54) is 4.57 Å². The van der Waals surface area contributed by atoms with Crippen LogP contribution >= 0.6 is 0 Å². The van der Waals surface area contributed by atoms with Gasteiger partial charge in [0.25, 0.3) is 5.56 Å². The van der Waals surface area contributed by atoms with E-state index in [9.17, 15) is 9.59 Å². The Balaban J connectivity index is 2.35. The van der Waals surface area contributed by atoms with E-state index in [0.29, 0.717) is 16.7 Å². The zero-order valence-corrected chi connectivity index (χ0v) is 12.0. The fourth-order valence-corrected chi connectivity index (χ4v) is 2.03. The number of fused-ring (bicyclic) bond motifs is 1. The molecule has 0 spiro atoms. The summed E-state index contributed by atoms with van der Waals surface area (Å²) in [4.78, 5) is 28.7. The van der Waals surface area contributed by atoms with Crippen LogP contribution in [0.25, 0.3) is 10.9 Å². The number of rotatable bonds is 4. The highest BCUT2D eigenvalue weighted by Crippen LogP contribution is 2.07. The number of carbonyl (C=O) groups is 1. The molecule has 0 radical (unpaired) electrons. The summed E-state index contributed by atoms with van der Waals surface area (Å²) in [5, 5.41) is 3.39. The van der Waals surface area contributed by atoms with E-state index < -0.39 is 0 Å². The van der Waals surface area contributed by atoms with Gasteiger partial charge in [-0.3, -0.25) is 14.2 Å². The smallest absolute Gasteiger partial charge is 0.261 e. The highest BCUT2D eigenvalue weighted by molar-refractivity contribution is 5.79. The Kier molecular flexibility index (Phi) is 4.17. The number of para-hydroxylation sites is 1. The molecule has 20 heavy (non-hydrogen) atoms. The van der Waals surface area contributed by atoms with Crippen LogP contribution in [0.3, 0.4) is 0 Å². The Morgan fingerprint density at radius 3 is 2.80 bits per heavy atom. The van der Waals surface area contributed by atoms with Crippen LogP contribution in [0.4, 0.5) is 0 Å². The molecule has 0 aliphatic heterocycles. The van der Waals surface area contributed by atoms with Gasteiger partial charge in [-0.1, -0.05) is 19.1 Å². The summed E-state index contributed by atoms with van der Waals surface area (Å²) in [5.74, 6) is 0.384. The summed E-state index contributed by atoms with van der Waals surface area (Å²) < 4.78 is 1.42. The van der Waals surface area contributed by atoms with Crippen molar-refractivity contribution in [1.82, 2.24) is 14.9 Å². The SMILES string of the molecule is CC[C@H](C)NC(=O)Cn1c(C)nc2ccccc2c1=O. The lowest BCUT2D eigenvalue weighted by Gasteiger charge is -2.14. The van der Waals surface area contributed by atoms with Gasteiger partial charge >= 0.3 is 0 Å². The Morgan fingerprint density at radius 2 is 2.10 bits per heavy atom. The van der Waals surface area contributed by atoms with Crippen molar-refractivity contribution in [1.29, 1.82) is 0 Å². The maximum absolute atomic E-state index is 12.4. The van der Waals surface area contributed by atoms with Crippen LogP contribution in [-0.2, 0) is 11.3 Å². The molecular formula is C15H19N3O2. The molecule has 2 rings (SSSR count). The number of aromatic nitrogens is 2. The Bertz CT molecular complexity index is 691. The van der Waals surface area contributed by atoms with Crippen LogP contribution in [0, 0.1) is 6.92 Å². The molecule has 1 heterocycles. The van der Waals surface area contributed by atoms with Gasteiger partial charge in [0.1, 0.15) is 12.4 Å². The number of hydrogen-bond acceptors (Lipinski definition) is 3. The number of amides is 1. The molecule has 2 aromatic rings. The number of nitrogens with one attached hydrogen (secondary N) is 1. The van der Waals surface area contributed by atoms with E-state index >= 15 is 0 Å². The first-order valence-electron chi connectivity index (χ1n) is 6.78. The van der Waals surface area contributed by atoms with Crippen molar-refractivity contribution in [3.8, 4) is 0 Å². The van der Waals surface area contributed by atoms with Crippen LogP contribution in [0.2, 0.25) is 0 Å². The zero-order chi connectivity index (χ0) is 14.7. The number of hydrogen-bond donors (Lipinski definition) is 1. The first-order chi connectivity index (χ1) is 9.52. The van der Waals surface area contributed by atoms with E-state index in [4.69, 9.17) is 0 Å². The Morgan fingerprint density at radius 1 is 1.40 bits per heavy atom. The molecule has 0 aliphatic carbocycles. The summed E-state index contributed by atoms with van der Waals surface area (Å²) in [6.07, 6.45) is 0.857. The van der Waals surface area contributed by atoms with Gasteiger partial charge in [0.05, 0.1) is 10.9 Å². The third-order valence-electron chi connectivity index (χ3n) is 3.37. The largest absolute Gasteiger partial charge is 0.352 e. The first kappa shape index (κ1) is 14.2. The topological polar surface area (TPSA) is 64.0 Å². The second-order valence-corrected chi connectivity index (χ2v) is 4.94. The van der Waals surface area contributed by atoms with Gasteiger partial charge in [-0.25, -0.2) is 4.98 Å². The molecule has 1 amide bonds. The van der Waals surface area contributed by atoms with E-state index in [2.05, 4.69) is 10.3 Å². The molecule has 0 bridgehead atoms. The van der Waals surface area contributed by atoms with Crippen molar-refractivity contribution in [2.45, 2.75) is 39.8 Å². The summed E-state index contributed by atoms with van der Waals surface area (Å²) in [6, 6.07) is 7.27. The van der Waals surface area contributed by atoms with Crippen LogP contribution in [0.1, 0.15) is 26.1 Å². The van der Waals surface area contributed by atoms with Crippen LogP contribution in [0.15, 0.2) is 29.1 Å². The van der Waals surface area contributed by atoms with Crippen molar-refractivity contribution in [2.75, 3.05) is 0 Å². The van der Waals surface area contributed by atoms with E-state index in [-0.39, 0.29) is 24.1 Å². The Hall–Kier alpha value is -2.17. The average Bonchev–Trinajstić information content (AvgIpc) is 2.43. The predicted molar refractivity (Wildman–Crippen MR) is 78.6 cm³/mol. The molecule has 0 saturated carbocycles. The van der Waals surface area contributed by atoms with E-state index in [0.717, 1.165) is 6.42 Å². The van der Waals surface area contributed by atoms with Gasteiger partial charge in [0.2, 0.25) is 5.91 Å². The summed E-state index contributed by atoms with van der Waals surface area (Å²) in [7, 11) is 0. The number of carbonyl (C=O) groups excluding carboxylic acids is 1. The van der Waals surface area contributed by atoms with Gasteiger partial charge < -0.3 is 5.32 Å². The molecule has 1 aromatic carbocycles. The molecule has 1 N–H and O–H groups in total. The third kappa shape index (κ3) is 2.87. The fourth-order valence-electron chi connectivity index (χ4n) is 2.03. The molecule has 0 fully saturated rings. The van der Waals surface area contributed by atoms with Crippen molar-refractivity contribution >= 4 is 16.8 Å².